The van der Waals surface area contributed by atoms with Gasteiger partial charge in [-0.3, -0.25) is 4.79 Å². The Labute approximate surface area is 136 Å². The second kappa shape index (κ2) is 6.19. The molecule has 2 heterocycles. The van der Waals surface area contributed by atoms with E-state index in [1.807, 2.05) is 24.3 Å². The van der Waals surface area contributed by atoms with Crippen LogP contribution in [-0.4, -0.2) is 15.7 Å². The lowest BCUT2D eigenvalue weighted by molar-refractivity contribution is 0.0994. The van der Waals surface area contributed by atoms with Crippen LogP contribution in [0.1, 0.15) is 21.9 Å². The number of aryl methyl sites for hydroxylation is 1. The Hall–Kier alpha value is -2.34. The molecule has 5 nitrogen and oxygen atoms in total. The molecule has 0 aliphatic rings. The molecular formula is C16H14BrN3O2. The Balaban J connectivity index is 1.74. The van der Waals surface area contributed by atoms with Crippen LogP contribution >= 0.6 is 15.9 Å². The van der Waals surface area contributed by atoms with Crippen LogP contribution in [-0.2, 0) is 6.54 Å². The fraction of sp³-hybridized carbons (Fsp3) is 0.125. The average molecular weight is 360 g/mol. The summed E-state index contributed by atoms with van der Waals surface area (Å²) < 4.78 is 8.08. The minimum absolute atomic E-state index is 0.286. The third kappa shape index (κ3) is 3.28. The quantitative estimate of drug-likeness (QED) is 0.769. The van der Waals surface area contributed by atoms with E-state index in [-0.39, 0.29) is 11.7 Å². The number of benzene rings is 1. The van der Waals surface area contributed by atoms with Gasteiger partial charge in [0.15, 0.2) is 5.76 Å². The maximum absolute atomic E-state index is 12.1. The largest absolute Gasteiger partial charge is 0.456 e. The number of carbonyl (C=O) groups excluding carboxylic acids is 1. The van der Waals surface area contributed by atoms with Gasteiger partial charge in [0, 0.05) is 10.5 Å². The van der Waals surface area contributed by atoms with Crippen LogP contribution in [0.2, 0.25) is 0 Å². The first-order chi connectivity index (χ1) is 10.6. The molecule has 6 heteroatoms. The monoisotopic (exact) mass is 359 g/mol. The molecule has 2 aromatic heterocycles. The number of halogens is 1. The van der Waals surface area contributed by atoms with E-state index in [1.165, 1.54) is 0 Å². The van der Waals surface area contributed by atoms with Crippen LogP contribution in [0.4, 0.5) is 5.82 Å². The minimum Gasteiger partial charge on any atom is -0.456 e. The molecule has 0 fully saturated rings. The molecule has 0 radical (unpaired) electrons. The summed E-state index contributed by atoms with van der Waals surface area (Å²) in [6.45, 7) is 2.38. The highest BCUT2D eigenvalue weighted by atomic mass is 79.9. The van der Waals surface area contributed by atoms with Crippen LogP contribution in [0.5, 0.6) is 0 Å². The Morgan fingerprint density at radius 3 is 2.68 bits per heavy atom. The molecular weight excluding hydrogens is 346 g/mol. The number of nitrogens with zero attached hydrogens (tertiary/aromatic N) is 2. The molecule has 0 spiro atoms. The smallest absolute Gasteiger partial charge is 0.292 e. The van der Waals surface area contributed by atoms with Crippen LogP contribution in [0.15, 0.2) is 57.6 Å². The molecule has 0 aliphatic carbocycles. The van der Waals surface area contributed by atoms with Crippen LogP contribution < -0.4 is 5.32 Å². The molecule has 0 saturated carbocycles. The molecule has 1 aromatic carbocycles. The zero-order chi connectivity index (χ0) is 15.5. The summed E-state index contributed by atoms with van der Waals surface area (Å²) in [5.41, 5.74) is 1.09. The summed E-state index contributed by atoms with van der Waals surface area (Å²) in [4.78, 5) is 12.1. The van der Waals surface area contributed by atoms with Crippen molar-refractivity contribution in [2.24, 2.45) is 0 Å². The molecule has 3 aromatic rings. The zero-order valence-corrected chi connectivity index (χ0v) is 13.5. The van der Waals surface area contributed by atoms with Gasteiger partial charge in [0.2, 0.25) is 0 Å². The van der Waals surface area contributed by atoms with Gasteiger partial charge in [-0.1, -0.05) is 28.1 Å². The predicted molar refractivity (Wildman–Crippen MR) is 86.9 cm³/mol. The second-order valence-corrected chi connectivity index (χ2v) is 5.78. The molecule has 0 bridgehead atoms. The van der Waals surface area contributed by atoms with Crippen molar-refractivity contribution >= 4 is 27.7 Å². The number of rotatable bonds is 4. The zero-order valence-electron chi connectivity index (χ0n) is 11.9. The van der Waals surface area contributed by atoms with Gasteiger partial charge < -0.3 is 9.73 Å². The Kier molecular flexibility index (Phi) is 4.11. The van der Waals surface area contributed by atoms with Crippen molar-refractivity contribution in [1.82, 2.24) is 9.78 Å². The van der Waals surface area contributed by atoms with Crippen molar-refractivity contribution < 1.29 is 9.21 Å². The first-order valence-electron chi connectivity index (χ1n) is 6.76. The van der Waals surface area contributed by atoms with E-state index in [0.29, 0.717) is 18.1 Å². The van der Waals surface area contributed by atoms with Crippen molar-refractivity contribution in [1.29, 1.82) is 0 Å². The Morgan fingerprint density at radius 1 is 1.23 bits per heavy atom. The number of hydrogen-bond donors (Lipinski definition) is 1. The first kappa shape index (κ1) is 14.6. The third-order valence-corrected chi connectivity index (χ3v) is 3.70. The summed E-state index contributed by atoms with van der Waals surface area (Å²) in [5, 5.41) is 7.06. The van der Waals surface area contributed by atoms with Gasteiger partial charge in [-0.2, -0.15) is 5.10 Å². The van der Waals surface area contributed by atoms with Gasteiger partial charge in [0.1, 0.15) is 11.6 Å². The molecule has 1 amide bonds. The van der Waals surface area contributed by atoms with E-state index in [4.69, 9.17) is 4.42 Å². The van der Waals surface area contributed by atoms with Crippen molar-refractivity contribution in [2.45, 2.75) is 13.5 Å². The summed E-state index contributed by atoms with van der Waals surface area (Å²) >= 11 is 3.41. The molecule has 0 aliphatic heterocycles. The fourth-order valence-electron chi connectivity index (χ4n) is 2.06. The molecule has 0 atom stereocenters. The standard InChI is InChI=1S/C16H14BrN3O2/c1-11-2-7-14(22-11)16(21)19-15-8-9-18-20(15)10-12-3-5-13(17)6-4-12/h2-9H,10H2,1H3,(H,19,21). The van der Waals surface area contributed by atoms with Gasteiger partial charge in [0.25, 0.3) is 5.91 Å². The van der Waals surface area contributed by atoms with E-state index in [2.05, 4.69) is 26.3 Å². The molecule has 0 unspecified atom stereocenters. The highest BCUT2D eigenvalue weighted by molar-refractivity contribution is 9.10. The Bertz CT molecular complexity index is 790. The van der Waals surface area contributed by atoms with Crippen LogP contribution in [0.25, 0.3) is 0 Å². The number of aromatic nitrogens is 2. The predicted octanol–water partition coefficient (Wildman–Crippen LogP) is 3.85. The van der Waals surface area contributed by atoms with E-state index < -0.39 is 0 Å². The topological polar surface area (TPSA) is 60.1 Å². The van der Waals surface area contributed by atoms with Gasteiger partial charge in [-0.25, -0.2) is 4.68 Å². The molecule has 3 rings (SSSR count). The lowest BCUT2D eigenvalue weighted by Crippen LogP contribution is -2.15. The number of carbonyl (C=O) groups is 1. The van der Waals surface area contributed by atoms with Gasteiger partial charge >= 0.3 is 0 Å². The maximum atomic E-state index is 12.1. The van der Waals surface area contributed by atoms with Gasteiger partial charge in [-0.15, -0.1) is 0 Å². The lowest BCUT2D eigenvalue weighted by Gasteiger charge is -2.08. The highest BCUT2D eigenvalue weighted by Crippen LogP contribution is 2.15. The number of hydrogen-bond acceptors (Lipinski definition) is 3. The van der Waals surface area contributed by atoms with Crippen LogP contribution in [0.3, 0.4) is 0 Å². The van der Waals surface area contributed by atoms with Gasteiger partial charge in [0.05, 0.1) is 12.7 Å². The van der Waals surface area contributed by atoms with Crippen LogP contribution in [0, 0.1) is 6.92 Å². The van der Waals surface area contributed by atoms with Crippen molar-refractivity contribution in [3.05, 3.63) is 70.2 Å². The normalized spacial score (nSPS) is 10.6. The molecule has 1 N–H and O–H groups in total. The third-order valence-electron chi connectivity index (χ3n) is 3.17. The van der Waals surface area contributed by atoms with E-state index in [1.54, 1.807) is 36.0 Å². The maximum Gasteiger partial charge on any atom is 0.292 e. The Morgan fingerprint density at radius 2 is 2.00 bits per heavy atom. The summed E-state index contributed by atoms with van der Waals surface area (Å²) in [6.07, 6.45) is 1.65. The van der Waals surface area contributed by atoms with Crippen molar-refractivity contribution in [2.75, 3.05) is 5.32 Å². The van der Waals surface area contributed by atoms with E-state index >= 15 is 0 Å². The number of furan rings is 1. The second-order valence-electron chi connectivity index (χ2n) is 4.86. The lowest BCUT2D eigenvalue weighted by atomic mass is 10.2. The average Bonchev–Trinajstić information content (AvgIpc) is 3.11. The summed E-state index contributed by atoms with van der Waals surface area (Å²) in [5.74, 6) is 1.33. The van der Waals surface area contributed by atoms with E-state index in [9.17, 15) is 4.79 Å². The number of anilines is 1. The van der Waals surface area contributed by atoms with E-state index in [0.717, 1.165) is 10.0 Å². The molecule has 112 valence electrons. The van der Waals surface area contributed by atoms with Crippen molar-refractivity contribution in [3.63, 3.8) is 0 Å². The highest BCUT2D eigenvalue weighted by Gasteiger charge is 2.13. The SMILES string of the molecule is Cc1ccc(C(=O)Nc2ccnn2Cc2ccc(Br)cc2)o1. The number of amides is 1. The fourth-order valence-corrected chi connectivity index (χ4v) is 2.33. The first-order valence-corrected chi connectivity index (χ1v) is 7.55. The summed E-state index contributed by atoms with van der Waals surface area (Å²) in [7, 11) is 0. The summed E-state index contributed by atoms with van der Waals surface area (Å²) in [6, 6.07) is 13.1. The number of nitrogens with one attached hydrogen (secondary N) is 1. The minimum atomic E-state index is -0.286. The van der Waals surface area contributed by atoms with Gasteiger partial charge in [-0.05, 0) is 36.8 Å². The van der Waals surface area contributed by atoms with Crippen molar-refractivity contribution in [3.8, 4) is 0 Å². The molecule has 22 heavy (non-hydrogen) atoms. The molecule has 0 saturated heterocycles.